The van der Waals surface area contributed by atoms with Crippen LogP contribution in [-0.2, 0) is 21.9 Å². The monoisotopic (exact) mass is 388 g/mol. The molecular weight excluding hydrogens is 363 g/mol. The van der Waals surface area contributed by atoms with Gasteiger partial charge >= 0.3 is 0 Å². The molecule has 1 unspecified atom stereocenters. The van der Waals surface area contributed by atoms with Gasteiger partial charge in [-0.25, -0.2) is 4.39 Å². The minimum absolute atomic E-state index is 0.0870. The molecule has 0 aliphatic heterocycles. The predicted octanol–water partition coefficient (Wildman–Crippen LogP) is 3.61. The molecule has 1 atom stereocenters. The summed E-state index contributed by atoms with van der Waals surface area (Å²) in [5, 5.41) is 2.59. The first-order chi connectivity index (χ1) is 13.0. The van der Waals surface area contributed by atoms with Crippen LogP contribution in [0.2, 0.25) is 0 Å². The molecule has 4 nitrogen and oxygen atoms in total. The van der Waals surface area contributed by atoms with Gasteiger partial charge in [-0.05, 0) is 30.2 Å². The summed E-state index contributed by atoms with van der Waals surface area (Å²) < 4.78 is 13.1. The van der Waals surface area contributed by atoms with Crippen molar-refractivity contribution >= 4 is 23.6 Å². The molecule has 144 valence electrons. The zero-order valence-corrected chi connectivity index (χ0v) is 16.5. The maximum absolute atomic E-state index is 13.1. The summed E-state index contributed by atoms with van der Waals surface area (Å²) in [6.07, 6.45) is 0.347. The highest BCUT2D eigenvalue weighted by Crippen LogP contribution is 2.16. The van der Waals surface area contributed by atoms with E-state index in [-0.39, 0.29) is 24.2 Å². The highest BCUT2D eigenvalue weighted by Gasteiger charge is 2.25. The summed E-state index contributed by atoms with van der Waals surface area (Å²) in [5.74, 6) is 0.886. The lowest BCUT2D eigenvalue weighted by molar-refractivity contribution is -0.140. The van der Waals surface area contributed by atoms with E-state index >= 15 is 0 Å². The Labute approximate surface area is 164 Å². The van der Waals surface area contributed by atoms with Gasteiger partial charge in [0.2, 0.25) is 11.8 Å². The van der Waals surface area contributed by atoms with Crippen molar-refractivity contribution in [3.05, 3.63) is 71.5 Å². The van der Waals surface area contributed by atoms with Crippen LogP contribution in [0.3, 0.4) is 0 Å². The second-order valence-electron chi connectivity index (χ2n) is 6.23. The number of nitrogens with zero attached hydrogens (tertiary/aromatic N) is 1. The van der Waals surface area contributed by atoms with E-state index < -0.39 is 6.04 Å². The normalized spacial score (nSPS) is 11.7. The van der Waals surface area contributed by atoms with Gasteiger partial charge in [0.15, 0.2) is 0 Å². The van der Waals surface area contributed by atoms with Crippen LogP contribution in [0.4, 0.5) is 4.39 Å². The minimum Gasteiger partial charge on any atom is -0.357 e. The van der Waals surface area contributed by atoms with E-state index in [9.17, 15) is 14.0 Å². The maximum atomic E-state index is 13.1. The summed E-state index contributed by atoms with van der Waals surface area (Å²) >= 11 is 1.69. The smallest absolute Gasteiger partial charge is 0.242 e. The SMILES string of the molecule is CNC(=O)C(C)N(Cc1ccc(F)cc1)C(=O)CCSCc1ccccc1. The van der Waals surface area contributed by atoms with E-state index in [1.807, 2.05) is 18.2 Å². The van der Waals surface area contributed by atoms with E-state index in [0.29, 0.717) is 12.2 Å². The van der Waals surface area contributed by atoms with Crippen LogP contribution in [0.25, 0.3) is 0 Å². The first-order valence-electron chi connectivity index (χ1n) is 8.88. The van der Waals surface area contributed by atoms with Crippen LogP contribution >= 0.6 is 11.8 Å². The number of halogens is 1. The average Bonchev–Trinajstić information content (AvgIpc) is 2.70. The number of nitrogens with one attached hydrogen (secondary N) is 1. The summed E-state index contributed by atoms with van der Waals surface area (Å²) in [5.41, 5.74) is 2.01. The van der Waals surface area contributed by atoms with Gasteiger partial charge in [0.1, 0.15) is 11.9 Å². The van der Waals surface area contributed by atoms with Gasteiger partial charge in [-0.2, -0.15) is 11.8 Å². The van der Waals surface area contributed by atoms with Crippen molar-refractivity contribution in [2.45, 2.75) is 31.7 Å². The number of thioether (sulfide) groups is 1. The second-order valence-corrected chi connectivity index (χ2v) is 7.33. The highest BCUT2D eigenvalue weighted by molar-refractivity contribution is 7.98. The van der Waals surface area contributed by atoms with Crippen LogP contribution < -0.4 is 5.32 Å². The molecule has 0 spiro atoms. The topological polar surface area (TPSA) is 49.4 Å². The number of carbonyl (C=O) groups is 2. The van der Waals surface area contributed by atoms with E-state index in [4.69, 9.17) is 0 Å². The van der Waals surface area contributed by atoms with Crippen molar-refractivity contribution < 1.29 is 14.0 Å². The van der Waals surface area contributed by atoms with Crippen LogP contribution in [-0.4, -0.2) is 35.6 Å². The lowest BCUT2D eigenvalue weighted by atomic mass is 10.1. The Morgan fingerprint density at radius 3 is 2.37 bits per heavy atom. The van der Waals surface area contributed by atoms with Crippen molar-refractivity contribution in [2.75, 3.05) is 12.8 Å². The van der Waals surface area contributed by atoms with Crippen LogP contribution in [0.1, 0.15) is 24.5 Å². The number of likely N-dealkylation sites (N-methyl/N-ethyl adjacent to an activating group) is 1. The minimum atomic E-state index is -0.591. The number of amides is 2. The summed E-state index contributed by atoms with van der Waals surface area (Å²) in [6, 6.07) is 15.5. The van der Waals surface area contributed by atoms with E-state index in [2.05, 4.69) is 17.4 Å². The Morgan fingerprint density at radius 2 is 1.74 bits per heavy atom. The maximum Gasteiger partial charge on any atom is 0.242 e. The van der Waals surface area contributed by atoms with Gasteiger partial charge < -0.3 is 10.2 Å². The molecule has 0 saturated carbocycles. The van der Waals surface area contributed by atoms with Crippen molar-refractivity contribution in [1.82, 2.24) is 10.2 Å². The number of hydrogen-bond acceptors (Lipinski definition) is 3. The number of hydrogen-bond donors (Lipinski definition) is 1. The van der Waals surface area contributed by atoms with Gasteiger partial charge in [-0.1, -0.05) is 42.5 Å². The van der Waals surface area contributed by atoms with Gasteiger partial charge in [0, 0.05) is 31.5 Å². The molecule has 0 radical (unpaired) electrons. The average molecular weight is 389 g/mol. The van der Waals surface area contributed by atoms with Crippen molar-refractivity contribution in [3.63, 3.8) is 0 Å². The van der Waals surface area contributed by atoms with Crippen LogP contribution in [0, 0.1) is 5.82 Å². The fourth-order valence-corrected chi connectivity index (χ4v) is 3.54. The Bertz CT molecular complexity index is 738. The predicted molar refractivity (Wildman–Crippen MR) is 108 cm³/mol. The first-order valence-corrected chi connectivity index (χ1v) is 10.0. The molecule has 0 fully saturated rings. The lowest BCUT2D eigenvalue weighted by Crippen LogP contribution is -2.46. The fraction of sp³-hybridized carbons (Fsp3) is 0.333. The third-order valence-electron chi connectivity index (χ3n) is 4.25. The molecule has 1 N–H and O–H groups in total. The molecule has 2 aromatic carbocycles. The zero-order valence-electron chi connectivity index (χ0n) is 15.7. The summed E-state index contributed by atoms with van der Waals surface area (Å²) in [6.45, 7) is 1.98. The summed E-state index contributed by atoms with van der Waals surface area (Å²) in [7, 11) is 1.55. The molecule has 2 rings (SSSR count). The molecule has 0 saturated heterocycles. The molecular formula is C21H25FN2O2S. The van der Waals surface area contributed by atoms with Crippen molar-refractivity contribution in [3.8, 4) is 0 Å². The van der Waals surface area contributed by atoms with Crippen molar-refractivity contribution in [2.24, 2.45) is 0 Å². The Morgan fingerprint density at radius 1 is 1.07 bits per heavy atom. The van der Waals surface area contributed by atoms with Crippen LogP contribution in [0.5, 0.6) is 0 Å². The van der Waals surface area contributed by atoms with Gasteiger partial charge in [-0.3, -0.25) is 9.59 Å². The van der Waals surface area contributed by atoms with E-state index in [1.165, 1.54) is 17.7 Å². The van der Waals surface area contributed by atoms with Gasteiger partial charge in [-0.15, -0.1) is 0 Å². The lowest BCUT2D eigenvalue weighted by Gasteiger charge is -2.28. The molecule has 2 amide bonds. The van der Waals surface area contributed by atoms with Crippen molar-refractivity contribution in [1.29, 1.82) is 0 Å². The standard InChI is InChI=1S/C21H25FN2O2S/c1-16(21(26)23-2)24(14-17-8-10-19(22)11-9-17)20(25)12-13-27-15-18-6-4-3-5-7-18/h3-11,16H,12-15H2,1-2H3,(H,23,26). The number of rotatable bonds is 9. The molecule has 0 aliphatic rings. The highest BCUT2D eigenvalue weighted by atomic mass is 32.2. The van der Waals surface area contributed by atoms with Crippen LogP contribution in [0.15, 0.2) is 54.6 Å². The number of carbonyl (C=O) groups excluding carboxylic acids is 2. The van der Waals surface area contributed by atoms with E-state index in [1.54, 1.807) is 42.8 Å². The molecule has 2 aromatic rings. The third kappa shape index (κ3) is 6.71. The Balaban J connectivity index is 1.95. The first kappa shape index (κ1) is 21.0. The molecule has 0 aromatic heterocycles. The third-order valence-corrected chi connectivity index (χ3v) is 5.28. The Hall–Kier alpha value is -2.34. The molecule has 6 heteroatoms. The van der Waals surface area contributed by atoms with E-state index in [0.717, 1.165) is 11.3 Å². The summed E-state index contributed by atoms with van der Waals surface area (Å²) in [4.78, 5) is 26.3. The molecule has 27 heavy (non-hydrogen) atoms. The Kier molecular flexibility index (Phi) is 8.33. The molecule has 0 bridgehead atoms. The van der Waals surface area contributed by atoms with Gasteiger partial charge in [0.25, 0.3) is 0 Å². The fourth-order valence-electron chi connectivity index (χ4n) is 2.65. The second kappa shape index (κ2) is 10.7. The molecule has 0 heterocycles. The van der Waals surface area contributed by atoms with Gasteiger partial charge in [0.05, 0.1) is 0 Å². The largest absolute Gasteiger partial charge is 0.357 e. The number of benzene rings is 2. The zero-order chi connectivity index (χ0) is 19.6. The molecule has 0 aliphatic carbocycles. The quantitative estimate of drug-likeness (QED) is 0.668.